The Morgan fingerprint density at radius 1 is 1.14 bits per heavy atom. The number of nitriles is 1. The molecule has 0 radical (unpaired) electrons. The first-order chi connectivity index (χ1) is 16.7. The van der Waals surface area contributed by atoms with Crippen LogP contribution in [0.4, 0.5) is 5.69 Å². The molecule has 0 aromatic heterocycles. The highest BCUT2D eigenvalue weighted by molar-refractivity contribution is 8.03. The second-order valence-corrected chi connectivity index (χ2v) is 9.37. The molecule has 1 unspecified atom stereocenters. The third-order valence-electron chi connectivity index (χ3n) is 5.75. The highest BCUT2D eigenvalue weighted by atomic mass is 32.2. The average molecular weight is 488 g/mol. The van der Waals surface area contributed by atoms with Gasteiger partial charge in [-0.25, -0.2) is 4.79 Å². The van der Waals surface area contributed by atoms with Gasteiger partial charge in [0.2, 0.25) is 5.91 Å². The van der Waals surface area contributed by atoms with Crippen molar-refractivity contribution in [1.82, 2.24) is 5.32 Å². The predicted molar refractivity (Wildman–Crippen MR) is 141 cm³/mol. The molecule has 1 heterocycles. The van der Waals surface area contributed by atoms with Gasteiger partial charge in [-0.3, -0.25) is 4.79 Å². The maximum Gasteiger partial charge on any atom is 0.337 e. The molecule has 7 heteroatoms. The molecule has 180 valence electrons. The molecule has 1 atom stereocenters. The van der Waals surface area contributed by atoms with Crippen LogP contribution < -0.4 is 10.6 Å². The third-order valence-corrected chi connectivity index (χ3v) is 6.77. The van der Waals surface area contributed by atoms with Gasteiger partial charge in [-0.2, -0.15) is 5.26 Å². The average Bonchev–Trinajstić information content (AvgIpc) is 2.83. The summed E-state index contributed by atoms with van der Waals surface area (Å²) in [5, 5.41) is 16.7. The standard InChI is InChI=1S/C28H29N3O3S/c1-6-13-34-28(33)25-20(5)30-27(23(15-29)26(25)21-10-7-17(2)8-11-21)35-16-24(32)31-22-12-9-18(3)19(4)14-22/h6-12,14,26,30H,1,13,16H2,2-5H3,(H,31,32). The molecule has 0 saturated heterocycles. The summed E-state index contributed by atoms with van der Waals surface area (Å²) in [6, 6.07) is 15.7. The van der Waals surface area contributed by atoms with Gasteiger partial charge in [-0.05, 0) is 56.5 Å². The molecule has 2 aromatic rings. The second-order valence-electron chi connectivity index (χ2n) is 8.39. The van der Waals surface area contributed by atoms with Crippen LogP contribution in [0.25, 0.3) is 0 Å². The number of dihydropyridines is 1. The number of hydrogen-bond donors (Lipinski definition) is 2. The predicted octanol–water partition coefficient (Wildman–Crippen LogP) is 5.41. The maximum absolute atomic E-state index is 12.9. The van der Waals surface area contributed by atoms with E-state index in [4.69, 9.17) is 4.74 Å². The molecule has 0 spiro atoms. The molecule has 1 aliphatic rings. The smallest absolute Gasteiger partial charge is 0.337 e. The number of allylic oxidation sites excluding steroid dienone is 2. The monoisotopic (exact) mass is 487 g/mol. The highest BCUT2D eigenvalue weighted by Gasteiger charge is 2.35. The van der Waals surface area contributed by atoms with Crippen molar-refractivity contribution in [3.05, 3.63) is 99.2 Å². The number of thioether (sulfide) groups is 1. The fourth-order valence-electron chi connectivity index (χ4n) is 3.76. The van der Waals surface area contributed by atoms with E-state index in [1.165, 1.54) is 17.8 Å². The van der Waals surface area contributed by atoms with Crippen LogP contribution in [-0.4, -0.2) is 24.2 Å². The molecule has 0 aliphatic carbocycles. The number of benzene rings is 2. The van der Waals surface area contributed by atoms with Crippen LogP contribution in [0, 0.1) is 32.1 Å². The van der Waals surface area contributed by atoms with E-state index < -0.39 is 11.9 Å². The Hall–Kier alpha value is -3.76. The van der Waals surface area contributed by atoms with E-state index in [9.17, 15) is 14.9 Å². The summed E-state index contributed by atoms with van der Waals surface area (Å²) in [5.41, 5.74) is 6.17. The Balaban J connectivity index is 1.88. The summed E-state index contributed by atoms with van der Waals surface area (Å²) in [6.07, 6.45) is 1.50. The van der Waals surface area contributed by atoms with Gasteiger partial charge in [0.15, 0.2) is 0 Å². The molecule has 0 bridgehead atoms. The minimum Gasteiger partial charge on any atom is -0.458 e. The van der Waals surface area contributed by atoms with Crippen molar-refractivity contribution in [3.63, 3.8) is 0 Å². The van der Waals surface area contributed by atoms with E-state index in [1.807, 2.05) is 63.2 Å². The highest BCUT2D eigenvalue weighted by Crippen LogP contribution is 2.41. The van der Waals surface area contributed by atoms with Gasteiger partial charge in [0.05, 0.1) is 33.9 Å². The van der Waals surface area contributed by atoms with Crippen LogP contribution in [0.2, 0.25) is 0 Å². The summed E-state index contributed by atoms with van der Waals surface area (Å²) in [6.45, 7) is 11.4. The fraction of sp³-hybridized carbons (Fsp3) is 0.250. The molecule has 2 aromatic carbocycles. The van der Waals surface area contributed by atoms with Gasteiger partial charge in [0.1, 0.15) is 6.61 Å². The maximum atomic E-state index is 12.9. The third kappa shape index (κ3) is 6.23. The Kier molecular flexibility index (Phi) is 8.56. The van der Waals surface area contributed by atoms with Crippen molar-refractivity contribution in [1.29, 1.82) is 5.26 Å². The van der Waals surface area contributed by atoms with Crippen LogP contribution in [0.5, 0.6) is 0 Å². The first kappa shape index (κ1) is 25.9. The molecule has 2 N–H and O–H groups in total. The lowest BCUT2D eigenvalue weighted by Gasteiger charge is -2.29. The number of carbonyl (C=O) groups excluding carboxylic acids is 2. The second kappa shape index (κ2) is 11.6. The molecule has 35 heavy (non-hydrogen) atoms. The van der Waals surface area contributed by atoms with Crippen LogP contribution in [-0.2, 0) is 14.3 Å². The first-order valence-electron chi connectivity index (χ1n) is 11.2. The number of esters is 1. The zero-order chi connectivity index (χ0) is 25.5. The van der Waals surface area contributed by atoms with Crippen LogP contribution >= 0.6 is 11.8 Å². The van der Waals surface area contributed by atoms with Crippen molar-refractivity contribution >= 4 is 29.3 Å². The number of rotatable bonds is 8. The minimum atomic E-state index is -0.607. The molecule has 1 aliphatic heterocycles. The minimum absolute atomic E-state index is 0.0715. The number of hydrogen-bond acceptors (Lipinski definition) is 6. The lowest BCUT2D eigenvalue weighted by Crippen LogP contribution is -2.29. The van der Waals surface area contributed by atoms with Crippen LogP contribution in [0.1, 0.15) is 35.1 Å². The van der Waals surface area contributed by atoms with Crippen molar-refractivity contribution in [2.45, 2.75) is 33.6 Å². The molecule has 0 saturated carbocycles. The topological polar surface area (TPSA) is 91.2 Å². The van der Waals surface area contributed by atoms with Crippen molar-refractivity contribution in [2.75, 3.05) is 17.7 Å². The fourth-order valence-corrected chi connectivity index (χ4v) is 4.65. The lowest BCUT2D eigenvalue weighted by atomic mass is 9.82. The van der Waals surface area contributed by atoms with Crippen LogP contribution in [0.3, 0.4) is 0 Å². The van der Waals surface area contributed by atoms with Gasteiger partial charge in [0.25, 0.3) is 0 Å². The SMILES string of the molecule is C=CCOC(=O)C1=C(C)NC(SCC(=O)Nc2ccc(C)c(C)c2)=C(C#N)C1c1ccc(C)cc1. The van der Waals surface area contributed by atoms with E-state index in [2.05, 4.69) is 23.3 Å². The van der Waals surface area contributed by atoms with E-state index >= 15 is 0 Å². The quantitative estimate of drug-likeness (QED) is 0.382. The molecule has 6 nitrogen and oxygen atoms in total. The van der Waals surface area contributed by atoms with E-state index in [-0.39, 0.29) is 18.3 Å². The Morgan fingerprint density at radius 3 is 2.49 bits per heavy atom. The number of carbonyl (C=O) groups is 2. The molecule has 1 amide bonds. The molecule has 3 rings (SSSR count). The molecular weight excluding hydrogens is 458 g/mol. The number of aryl methyl sites for hydroxylation is 3. The van der Waals surface area contributed by atoms with Gasteiger partial charge >= 0.3 is 5.97 Å². The largest absolute Gasteiger partial charge is 0.458 e. The first-order valence-corrected chi connectivity index (χ1v) is 12.2. The van der Waals surface area contributed by atoms with Crippen molar-refractivity contribution in [2.24, 2.45) is 0 Å². The lowest BCUT2D eigenvalue weighted by molar-refractivity contribution is -0.138. The summed E-state index contributed by atoms with van der Waals surface area (Å²) in [7, 11) is 0. The van der Waals surface area contributed by atoms with Gasteiger partial charge in [-0.15, -0.1) is 0 Å². The van der Waals surface area contributed by atoms with E-state index in [0.717, 1.165) is 27.9 Å². The number of anilines is 1. The normalized spacial score (nSPS) is 15.2. The van der Waals surface area contributed by atoms with Crippen molar-refractivity contribution in [3.8, 4) is 6.07 Å². The molecular formula is C28H29N3O3S. The number of nitrogens with zero attached hydrogens (tertiary/aromatic N) is 1. The summed E-state index contributed by atoms with van der Waals surface area (Å²) >= 11 is 1.23. The summed E-state index contributed by atoms with van der Waals surface area (Å²) in [4.78, 5) is 25.6. The zero-order valence-electron chi connectivity index (χ0n) is 20.4. The Bertz CT molecular complexity index is 1250. The van der Waals surface area contributed by atoms with Gasteiger partial charge < -0.3 is 15.4 Å². The zero-order valence-corrected chi connectivity index (χ0v) is 21.2. The molecule has 0 fully saturated rings. The number of ether oxygens (including phenoxy) is 1. The Morgan fingerprint density at radius 2 is 1.86 bits per heavy atom. The van der Waals surface area contributed by atoms with Crippen LogP contribution in [0.15, 0.2) is 77.0 Å². The van der Waals surface area contributed by atoms with Crippen molar-refractivity contribution < 1.29 is 14.3 Å². The number of amides is 1. The van der Waals surface area contributed by atoms with Gasteiger partial charge in [0, 0.05) is 11.4 Å². The summed E-state index contributed by atoms with van der Waals surface area (Å²) < 4.78 is 5.33. The Labute approximate surface area is 210 Å². The number of nitrogens with one attached hydrogen (secondary N) is 2. The van der Waals surface area contributed by atoms with E-state index in [1.54, 1.807) is 6.92 Å². The van der Waals surface area contributed by atoms with E-state index in [0.29, 0.717) is 21.9 Å². The van der Waals surface area contributed by atoms with Gasteiger partial charge in [-0.1, -0.05) is 60.3 Å². The summed E-state index contributed by atoms with van der Waals surface area (Å²) in [5.74, 6) is -1.20.